The second-order valence-corrected chi connectivity index (χ2v) is 5.44. The summed E-state index contributed by atoms with van der Waals surface area (Å²) in [7, 11) is 1.56. The SMILES string of the molecule is COc1cncc(-c2cc(OCc3ccccc3)cc(C(=O)O)c2)c1. The van der Waals surface area contributed by atoms with Gasteiger partial charge in [0.15, 0.2) is 0 Å². The molecule has 126 valence electrons. The Kier molecular flexibility index (Phi) is 4.95. The van der Waals surface area contributed by atoms with Crippen molar-refractivity contribution in [3.63, 3.8) is 0 Å². The molecule has 5 heteroatoms. The molecule has 0 saturated heterocycles. The van der Waals surface area contributed by atoms with E-state index in [9.17, 15) is 9.90 Å². The lowest BCUT2D eigenvalue weighted by Crippen LogP contribution is -2.00. The molecule has 0 fully saturated rings. The molecular formula is C20H17NO4. The fourth-order valence-corrected chi connectivity index (χ4v) is 2.40. The first-order valence-electron chi connectivity index (χ1n) is 7.70. The Labute approximate surface area is 145 Å². The molecule has 3 aromatic rings. The molecule has 0 atom stereocenters. The highest BCUT2D eigenvalue weighted by Gasteiger charge is 2.10. The third kappa shape index (κ3) is 4.14. The first-order chi connectivity index (χ1) is 12.2. The normalized spacial score (nSPS) is 10.3. The van der Waals surface area contributed by atoms with Crippen molar-refractivity contribution in [3.05, 3.63) is 78.1 Å². The lowest BCUT2D eigenvalue weighted by Gasteiger charge is -2.11. The van der Waals surface area contributed by atoms with Crippen molar-refractivity contribution in [2.75, 3.05) is 7.11 Å². The van der Waals surface area contributed by atoms with Crippen LogP contribution in [0.2, 0.25) is 0 Å². The van der Waals surface area contributed by atoms with E-state index in [1.807, 2.05) is 30.3 Å². The number of benzene rings is 2. The topological polar surface area (TPSA) is 68.7 Å². The zero-order valence-electron chi connectivity index (χ0n) is 13.7. The van der Waals surface area contributed by atoms with Gasteiger partial charge in [-0.05, 0) is 35.4 Å². The summed E-state index contributed by atoms with van der Waals surface area (Å²) in [6.45, 7) is 0.361. The van der Waals surface area contributed by atoms with Gasteiger partial charge in [0.2, 0.25) is 0 Å². The Hall–Kier alpha value is -3.34. The zero-order valence-corrected chi connectivity index (χ0v) is 13.7. The monoisotopic (exact) mass is 335 g/mol. The molecule has 0 bridgehead atoms. The highest BCUT2D eigenvalue weighted by Crippen LogP contribution is 2.28. The van der Waals surface area contributed by atoms with Gasteiger partial charge in [0, 0.05) is 11.8 Å². The van der Waals surface area contributed by atoms with Gasteiger partial charge in [0.05, 0.1) is 18.9 Å². The van der Waals surface area contributed by atoms with Gasteiger partial charge >= 0.3 is 5.97 Å². The number of aromatic carboxylic acids is 1. The number of pyridine rings is 1. The van der Waals surface area contributed by atoms with Gasteiger partial charge in [-0.3, -0.25) is 4.98 Å². The standard InChI is InChI=1S/C20H17NO4/c1-24-19-10-17(11-21-12-19)15-7-16(20(22)23)9-18(8-15)25-13-14-5-3-2-4-6-14/h2-12H,13H2,1H3,(H,22,23). The number of methoxy groups -OCH3 is 1. The molecule has 5 nitrogen and oxygen atoms in total. The van der Waals surface area contributed by atoms with E-state index in [1.54, 1.807) is 37.7 Å². The first kappa shape index (κ1) is 16.5. The first-order valence-corrected chi connectivity index (χ1v) is 7.70. The Morgan fingerprint density at radius 3 is 2.48 bits per heavy atom. The maximum absolute atomic E-state index is 11.4. The quantitative estimate of drug-likeness (QED) is 0.736. The fraction of sp³-hybridized carbons (Fsp3) is 0.100. The average molecular weight is 335 g/mol. The smallest absolute Gasteiger partial charge is 0.335 e. The molecule has 1 heterocycles. The van der Waals surface area contributed by atoms with Gasteiger partial charge in [-0.25, -0.2) is 4.79 Å². The maximum atomic E-state index is 11.4. The van der Waals surface area contributed by atoms with E-state index in [4.69, 9.17) is 9.47 Å². The second-order valence-electron chi connectivity index (χ2n) is 5.44. The maximum Gasteiger partial charge on any atom is 0.335 e. The molecule has 1 N–H and O–H groups in total. The molecule has 1 aromatic heterocycles. The molecule has 0 aliphatic heterocycles. The van der Waals surface area contributed by atoms with Crippen LogP contribution in [0.15, 0.2) is 67.0 Å². The van der Waals surface area contributed by atoms with Crippen LogP contribution in [0.1, 0.15) is 15.9 Å². The number of hydrogen-bond acceptors (Lipinski definition) is 4. The minimum Gasteiger partial charge on any atom is -0.495 e. The van der Waals surface area contributed by atoms with Crippen LogP contribution in [0.25, 0.3) is 11.1 Å². The van der Waals surface area contributed by atoms with Crippen molar-refractivity contribution in [3.8, 4) is 22.6 Å². The summed E-state index contributed by atoms with van der Waals surface area (Å²) >= 11 is 0. The van der Waals surface area contributed by atoms with Crippen molar-refractivity contribution in [1.82, 2.24) is 4.98 Å². The van der Waals surface area contributed by atoms with Crippen LogP contribution in [0, 0.1) is 0 Å². The Bertz CT molecular complexity index is 878. The van der Waals surface area contributed by atoms with E-state index >= 15 is 0 Å². The summed E-state index contributed by atoms with van der Waals surface area (Å²) in [6.07, 6.45) is 3.25. The minimum absolute atomic E-state index is 0.156. The van der Waals surface area contributed by atoms with E-state index in [0.29, 0.717) is 23.7 Å². The fourth-order valence-electron chi connectivity index (χ4n) is 2.40. The van der Waals surface area contributed by atoms with Crippen molar-refractivity contribution in [1.29, 1.82) is 0 Å². The number of rotatable bonds is 6. The molecule has 0 spiro atoms. The third-order valence-corrected chi connectivity index (χ3v) is 3.68. The highest BCUT2D eigenvalue weighted by molar-refractivity contribution is 5.90. The number of hydrogen-bond donors (Lipinski definition) is 1. The summed E-state index contributed by atoms with van der Waals surface area (Å²) in [5, 5.41) is 9.37. The predicted octanol–water partition coefficient (Wildman–Crippen LogP) is 4.03. The molecule has 25 heavy (non-hydrogen) atoms. The molecule has 3 rings (SSSR count). The van der Waals surface area contributed by atoms with Gasteiger partial charge in [0.25, 0.3) is 0 Å². The van der Waals surface area contributed by atoms with Crippen LogP contribution in [0.3, 0.4) is 0 Å². The number of aromatic nitrogens is 1. The third-order valence-electron chi connectivity index (χ3n) is 3.68. The number of nitrogens with zero attached hydrogens (tertiary/aromatic N) is 1. The second kappa shape index (κ2) is 7.49. The van der Waals surface area contributed by atoms with Crippen LogP contribution in [-0.4, -0.2) is 23.2 Å². The van der Waals surface area contributed by atoms with E-state index in [0.717, 1.165) is 11.1 Å². The predicted molar refractivity (Wildman–Crippen MR) is 94.0 cm³/mol. The average Bonchev–Trinajstić information content (AvgIpc) is 2.67. The van der Waals surface area contributed by atoms with Gasteiger partial charge < -0.3 is 14.6 Å². The molecule has 0 radical (unpaired) electrons. The molecule has 0 unspecified atom stereocenters. The number of carboxylic acid groups (broad SMARTS) is 1. The van der Waals surface area contributed by atoms with Crippen molar-refractivity contribution in [2.45, 2.75) is 6.61 Å². The number of carboxylic acids is 1. The van der Waals surface area contributed by atoms with Crippen molar-refractivity contribution >= 4 is 5.97 Å². The summed E-state index contributed by atoms with van der Waals surface area (Å²) in [5.41, 5.74) is 2.62. The Balaban J connectivity index is 1.92. The molecular weight excluding hydrogens is 318 g/mol. The van der Waals surface area contributed by atoms with Crippen LogP contribution < -0.4 is 9.47 Å². The summed E-state index contributed by atoms with van der Waals surface area (Å²) in [6, 6.07) is 16.4. The molecule has 0 aliphatic rings. The van der Waals surface area contributed by atoms with Gasteiger partial charge in [-0.2, -0.15) is 0 Å². The lowest BCUT2D eigenvalue weighted by molar-refractivity contribution is 0.0696. The van der Waals surface area contributed by atoms with Crippen LogP contribution in [0.5, 0.6) is 11.5 Å². The molecule has 0 saturated carbocycles. The molecule has 0 amide bonds. The van der Waals surface area contributed by atoms with Crippen molar-refractivity contribution < 1.29 is 19.4 Å². The molecule has 0 aliphatic carbocycles. The van der Waals surface area contributed by atoms with E-state index in [1.165, 1.54) is 6.07 Å². The van der Waals surface area contributed by atoms with E-state index in [2.05, 4.69) is 4.98 Å². The van der Waals surface area contributed by atoms with Crippen LogP contribution in [0.4, 0.5) is 0 Å². The lowest BCUT2D eigenvalue weighted by atomic mass is 10.0. The number of ether oxygens (including phenoxy) is 2. The van der Waals surface area contributed by atoms with E-state index < -0.39 is 5.97 Å². The molecule has 2 aromatic carbocycles. The van der Waals surface area contributed by atoms with Crippen LogP contribution >= 0.6 is 0 Å². The van der Waals surface area contributed by atoms with Gasteiger partial charge in [-0.15, -0.1) is 0 Å². The largest absolute Gasteiger partial charge is 0.495 e. The van der Waals surface area contributed by atoms with E-state index in [-0.39, 0.29) is 5.56 Å². The Morgan fingerprint density at radius 1 is 1.00 bits per heavy atom. The summed E-state index contributed by atoms with van der Waals surface area (Å²) in [5.74, 6) is 0.0776. The minimum atomic E-state index is -1.01. The zero-order chi connectivity index (χ0) is 17.6. The van der Waals surface area contributed by atoms with Crippen molar-refractivity contribution in [2.24, 2.45) is 0 Å². The van der Waals surface area contributed by atoms with Gasteiger partial charge in [0.1, 0.15) is 18.1 Å². The highest BCUT2D eigenvalue weighted by atomic mass is 16.5. The van der Waals surface area contributed by atoms with Gasteiger partial charge in [-0.1, -0.05) is 30.3 Å². The Morgan fingerprint density at radius 2 is 1.76 bits per heavy atom. The number of carbonyl (C=O) groups is 1. The summed E-state index contributed by atoms with van der Waals surface area (Å²) in [4.78, 5) is 15.6. The summed E-state index contributed by atoms with van der Waals surface area (Å²) < 4.78 is 11.0. The van der Waals surface area contributed by atoms with Crippen LogP contribution in [-0.2, 0) is 6.61 Å².